The van der Waals surface area contributed by atoms with Crippen LogP contribution < -0.4 is 0 Å². The van der Waals surface area contributed by atoms with Crippen LogP contribution in [0.5, 0.6) is 0 Å². The Labute approximate surface area is 183 Å². The molecule has 5 aliphatic carbocycles. The van der Waals surface area contributed by atoms with Crippen LogP contribution >= 0.6 is 0 Å². The summed E-state index contributed by atoms with van der Waals surface area (Å²) < 4.78 is 5.42. The summed E-state index contributed by atoms with van der Waals surface area (Å²) in [5.74, 6) is 3.04. The Morgan fingerprint density at radius 1 is 1.07 bits per heavy atom. The first-order chi connectivity index (χ1) is 14.3. The van der Waals surface area contributed by atoms with E-state index in [-0.39, 0.29) is 17.5 Å². The molecule has 30 heavy (non-hydrogen) atoms. The molecule has 0 aromatic carbocycles. The van der Waals surface area contributed by atoms with Gasteiger partial charge in [0.25, 0.3) is 0 Å². The Bertz CT molecular complexity index is 742. The van der Waals surface area contributed by atoms with Crippen LogP contribution in [0.2, 0.25) is 0 Å². The number of rotatable bonds is 1. The minimum atomic E-state index is -0.270. The number of methoxy groups -OCH3 is 1. The summed E-state index contributed by atoms with van der Waals surface area (Å²) >= 11 is 0. The van der Waals surface area contributed by atoms with E-state index in [1.165, 1.54) is 32.1 Å². The predicted molar refractivity (Wildman–Crippen MR) is 119 cm³/mol. The lowest BCUT2D eigenvalue weighted by atomic mass is 9.39. The number of carbonyl (C=O) groups excluding carboxylic acids is 1. The van der Waals surface area contributed by atoms with Gasteiger partial charge in [0.15, 0.2) is 0 Å². The molecular weight excluding hydrogens is 372 g/mol. The first-order valence-corrected chi connectivity index (χ1v) is 12.7. The monoisotopic (exact) mass is 414 g/mol. The number of ether oxygens (including phenoxy) is 1. The van der Waals surface area contributed by atoms with E-state index in [1.807, 2.05) is 0 Å². The van der Waals surface area contributed by atoms with Gasteiger partial charge < -0.3 is 9.84 Å². The van der Waals surface area contributed by atoms with Gasteiger partial charge in [-0.15, -0.1) is 0 Å². The molecule has 4 saturated carbocycles. The van der Waals surface area contributed by atoms with Crippen molar-refractivity contribution in [2.24, 2.45) is 45.8 Å². The van der Waals surface area contributed by atoms with Crippen LogP contribution in [-0.2, 0) is 9.53 Å². The van der Waals surface area contributed by atoms with Crippen molar-refractivity contribution >= 4 is 5.97 Å². The SMILES string of the molecule is COC(=O)[C@]12CCC[C@H](C)C1C1=CCC3C4(C)CC[C@H](O)CC4CCC3(C)C1CC2. The molecule has 0 spiro atoms. The molecule has 3 nitrogen and oxygen atoms in total. The third-order valence-corrected chi connectivity index (χ3v) is 11.2. The number of aliphatic hydroxyl groups excluding tert-OH is 1. The number of hydrogen-bond donors (Lipinski definition) is 1. The van der Waals surface area contributed by atoms with Crippen molar-refractivity contribution in [1.82, 2.24) is 0 Å². The molecule has 0 radical (unpaired) electrons. The van der Waals surface area contributed by atoms with E-state index in [4.69, 9.17) is 4.74 Å². The maximum atomic E-state index is 13.1. The molecule has 1 N–H and O–H groups in total. The second-order valence-electron chi connectivity index (χ2n) is 12.3. The highest BCUT2D eigenvalue weighted by Crippen LogP contribution is 2.70. The largest absolute Gasteiger partial charge is 0.469 e. The number of esters is 1. The van der Waals surface area contributed by atoms with Crippen LogP contribution in [-0.4, -0.2) is 24.3 Å². The Morgan fingerprint density at radius 3 is 2.60 bits per heavy atom. The summed E-state index contributed by atoms with van der Waals surface area (Å²) in [7, 11) is 1.59. The fourth-order valence-corrected chi connectivity index (χ4v) is 9.76. The van der Waals surface area contributed by atoms with Gasteiger partial charge in [0.05, 0.1) is 18.6 Å². The summed E-state index contributed by atoms with van der Waals surface area (Å²) in [4.78, 5) is 13.1. The molecule has 0 amide bonds. The number of hydrogen-bond acceptors (Lipinski definition) is 3. The number of carbonyl (C=O) groups is 1. The zero-order valence-corrected chi connectivity index (χ0v) is 19.6. The molecule has 5 aliphatic rings. The zero-order valence-electron chi connectivity index (χ0n) is 19.6. The van der Waals surface area contributed by atoms with Crippen molar-refractivity contribution in [2.45, 2.75) is 97.5 Å². The van der Waals surface area contributed by atoms with Gasteiger partial charge >= 0.3 is 5.97 Å². The minimum absolute atomic E-state index is 0.0580. The fourth-order valence-electron chi connectivity index (χ4n) is 9.76. The van der Waals surface area contributed by atoms with E-state index >= 15 is 0 Å². The van der Waals surface area contributed by atoms with Gasteiger partial charge in [-0.3, -0.25) is 4.79 Å². The molecule has 168 valence electrons. The molecule has 5 rings (SSSR count). The maximum absolute atomic E-state index is 13.1. The van der Waals surface area contributed by atoms with Gasteiger partial charge in [-0.2, -0.15) is 0 Å². The summed E-state index contributed by atoms with van der Waals surface area (Å²) in [5, 5.41) is 10.3. The van der Waals surface area contributed by atoms with Gasteiger partial charge in [0.2, 0.25) is 0 Å². The van der Waals surface area contributed by atoms with Gasteiger partial charge in [-0.05, 0) is 98.2 Å². The third-order valence-electron chi connectivity index (χ3n) is 11.2. The molecular formula is C27H42O3. The van der Waals surface area contributed by atoms with E-state index in [1.54, 1.807) is 12.7 Å². The van der Waals surface area contributed by atoms with Gasteiger partial charge in [0.1, 0.15) is 0 Å². The summed E-state index contributed by atoms with van der Waals surface area (Å²) in [6, 6.07) is 0. The van der Waals surface area contributed by atoms with Crippen molar-refractivity contribution in [3.05, 3.63) is 11.6 Å². The van der Waals surface area contributed by atoms with E-state index in [9.17, 15) is 9.90 Å². The van der Waals surface area contributed by atoms with Gasteiger partial charge in [-0.1, -0.05) is 45.3 Å². The first kappa shape index (κ1) is 21.0. The van der Waals surface area contributed by atoms with Crippen molar-refractivity contribution in [2.75, 3.05) is 7.11 Å². The fraction of sp³-hybridized carbons (Fsp3) is 0.889. The molecule has 0 aliphatic heterocycles. The van der Waals surface area contributed by atoms with Crippen LogP contribution in [0, 0.1) is 45.8 Å². The lowest BCUT2D eigenvalue weighted by molar-refractivity contribution is -0.168. The highest BCUT2D eigenvalue weighted by atomic mass is 16.5. The average molecular weight is 415 g/mol. The Morgan fingerprint density at radius 2 is 1.83 bits per heavy atom. The van der Waals surface area contributed by atoms with E-state index in [0.717, 1.165) is 44.4 Å². The summed E-state index contributed by atoms with van der Waals surface area (Å²) in [5.41, 5.74) is 2.07. The standard InChI is InChI=1S/C27H42O3/c1-17-6-5-12-27(24(29)30-4)15-11-21-20(23(17)27)7-8-22-25(2)14-10-19(28)16-18(25)9-13-26(21,22)3/h7,17-19,21-23,28H,5-6,8-16H2,1-4H3/t17-,18?,19-,21?,22?,23?,25?,26?,27-/m0/s1. The van der Waals surface area contributed by atoms with Crippen LogP contribution in [0.1, 0.15) is 91.4 Å². The Balaban J connectivity index is 1.54. The minimum Gasteiger partial charge on any atom is -0.469 e. The van der Waals surface area contributed by atoms with Crippen molar-refractivity contribution in [3.63, 3.8) is 0 Å². The van der Waals surface area contributed by atoms with Crippen molar-refractivity contribution in [3.8, 4) is 0 Å². The van der Waals surface area contributed by atoms with Gasteiger partial charge in [0, 0.05) is 0 Å². The topological polar surface area (TPSA) is 46.5 Å². The molecule has 4 fully saturated rings. The molecule has 9 atom stereocenters. The lowest BCUT2D eigenvalue weighted by Gasteiger charge is -2.65. The van der Waals surface area contributed by atoms with E-state index < -0.39 is 0 Å². The molecule has 0 aromatic rings. The summed E-state index contributed by atoms with van der Waals surface area (Å²) in [6.07, 6.45) is 15.0. The number of aliphatic hydroxyl groups is 1. The first-order valence-electron chi connectivity index (χ1n) is 12.7. The highest BCUT2D eigenvalue weighted by molar-refractivity contribution is 5.78. The van der Waals surface area contributed by atoms with Crippen LogP contribution in [0.15, 0.2) is 11.6 Å². The van der Waals surface area contributed by atoms with E-state index in [2.05, 4.69) is 26.8 Å². The quantitative estimate of drug-likeness (QED) is 0.429. The summed E-state index contributed by atoms with van der Waals surface area (Å²) in [6.45, 7) is 7.54. The van der Waals surface area contributed by atoms with Crippen molar-refractivity contribution < 1.29 is 14.6 Å². The van der Waals surface area contributed by atoms with E-state index in [0.29, 0.717) is 34.5 Å². The molecule has 0 bridgehead atoms. The maximum Gasteiger partial charge on any atom is 0.312 e. The normalized spacial score (nSPS) is 52.8. The third kappa shape index (κ3) is 2.69. The van der Waals surface area contributed by atoms with Gasteiger partial charge in [-0.25, -0.2) is 0 Å². The van der Waals surface area contributed by atoms with Crippen LogP contribution in [0.4, 0.5) is 0 Å². The van der Waals surface area contributed by atoms with Crippen LogP contribution in [0.25, 0.3) is 0 Å². The molecule has 0 aromatic heterocycles. The Hall–Kier alpha value is -0.830. The van der Waals surface area contributed by atoms with Crippen LogP contribution in [0.3, 0.4) is 0 Å². The second kappa shape index (κ2) is 7.09. The second-order valence-corrected chi connectivity index (χ2v) is 12.3. The highest BCUT2D eigenvalue weighted by Gasteiger charge is 2.63. The zero-order chi connectivity index (χ0) is 21.3. The molecule has 0 saturated heterocycles. The number of allylic oxidation sites excluding steroid dienone is 2. The predicted octanol–water partition coefficient (Wildman–Crippen LogP) is 5.91. The Kier molecular flexibility index (Phi) is 4.97. The lowest BCUT2D eigenvalue weighted by Crippen LogP contribution is -2.59. The average Bonchev–Trinajstić information content (AvgIpc) is 2.73. The molecule has 0 heterocycles. The van der Waals surface area contributed by atoms with Crippen molar-refractivity contribution in [1.29, 1.82) is 0 Å². The molecule has 6 unspecified atom stereocenters. The molecule has 3 heteroatoms. The number of fused-ring (bicyclic) bond motifs is 7. The smallest absolute Gasteiger partial charge is 0.312 e.